The van der Waals surface area contributed by atoms with Crippen molar-refractivity contribution < 1.29 is 0 Å². The third-order valence-corrected chi connectivity index (χ3v) is 3.82. The molecule has 2 aliphatic rings. The highest BCUT2D eigenvalue weighted by atomic mass is 15.1. The van der Waals surface area contributed by atoms with Gasteiger partial charge in [-0.05, 0) is 36.6 Å². The van der Waals surface area contributed by atoms with Crippen LogP contribution in [-0.4, -0.2) is 24.5 Å². The molecule has 0 N–H and O–H groups in total. The van der Waals surface area contributed by atoms with Gasteiger partial charge in [-0.2, -0.15) is 0 Å². The molecule has 0 aromatic carbocycles. The topological polar surface area (TPSA) is 3.24 Å². The van der Waals surface area contributed by atoms with Crippen molar-refractivity contribution in [2.45, 2.75) is 46.5 Å². The van der Waals surface area contributed by atoms with E-state index in [9.17, 15) is 0 Å². The standard InChI is InChI=1S/C13H25N/c1-13(2,3)10-14-8-7-11-5-4-6-12(11)9-14/h11-12H,4-10H2,1-3H3. The fraction of sp³-hybridized carbons (Fsp3) is 1.00. The van der Waals surface area contributed by atoms with Gasteiger partial charge in [0.15, 0.2) is 0 Å². The molecule has 2 rings (SSSR count). The Morgan fingerprint density at radius 1 is 1.07 bits per heavy atom. The van der Waals surface area contributed by atoms with E-state index >= 15 is 0 Å². The molecule has 0 spiro atoms. The summed E-state index contributed by atoms with van der Waals surface area (Å²) in [5.74, 6) is 2.14. The summed E-state index contributed by atoms with van der Waals surface area (Å²) in [5.41, 5.74) is 0.478. The maximum Gasteiger partial charge on any atom is 0.00302 e. The minimum Gasteiger partial charge on any atom is -0.303 e. The fourth-order valence-corrected chi connectivity index (χ4v) is 3.32. The molecule has 1 saturated heterocycles. The van der Waals surface area contributed by atoms with Crippen molar-refractivity contribution in [1.29, 1.82) is 0 Å². The average Bonchev–Trinajstić information content (AvgIpc) is 2.47. The Kier molecular flexibility index (Phi) is 2.88. The van der Waals surface area contributed by atoms with Crippen molar-refractivity contribution in [3.8, 4) is 0 Å². The molecule has 0 amide bonds. The molecule has 0 bridgehead atoms. The highest BCUT2D eigenvalue weighted by Crippen LogP contribution is 2.38. The van der Waals surface area contributed by atoms with Crippen LogP contribution in [0.4, 0.5) is 0 Å². The van der Waals surface area contributed by atoms with Gasteiger partial charge in [0, 0.05) is 13.1 Å². The maximum atomic E-state index is 2.70. The van der Waals surface area contributed by atoms with Gasteiger partial charge in [0.2, 0.25) is 0 Å². The van der Waals surface area contributed by atoms with Crippen molar-refractivity contribution >= 4 is 0 Å². The third kappa shape index (κ3) is 2.50. The van der Waals surface area contributed by atoms with E-state index < -0.39 is 0 Å². The van der Waals surface area contributed by atoms with Crippen molar-refractivity contribution in [3.05, 3.63) is 0 Å². The summed E-state index contributed by atoms with van der Waals surface area (Å²) in [5, 5.41) is 0. The highest BCUT2D eigenvalue weighted by Gasteiger charge is 2.33. The second kappa shape index (κ2) is 3.84. The number of hydrogen-bond acceptors (Lipinski definition) is 1. The normalized spacial score (nSPS) is 34.5. The van der Waals surface area contributed by atoms with Crippen LogP contribution in [0, 0.1) is 17.3 Å². The number of nitrogens with zero attached hydrogens (tertiary/aromatic N) is 1. The number of rotatable bonds is 1. The minimum absolute atomic E-state index is 0.478. The van der Waals surface area contributed by atoms with Gasteiger partial charge in [0.25, 0.3) is 0 Å². The predicted molar refractivity (Wildman–Crippen MR) is 61.3 cm³/mol. The molecule has 2 unspecified atom stereocenters. The van der Waals surface area contributed by atoms with Gasteiger partial charge in [-0.25, -0.2) is 0 Å². The van der Waals surface area contributed by atoms with Gasteiger partial charge < -0.3 is 4.90 Å². The van der Waals surface area contributed by atoms with Crippen LogP contribution in [0.1, 0.15) is 46.5 Å². The molecule has 1 heterocycles. The first-order valence-corrected chi connectivity index (χ1v) is 6.27. The molecule has 0 aromatic heterocycles. The second-order valence-electron chi connectivity index (χ2n) is 6.54. The fourth-order valence-electron chi connectivity index (χ4n) is 3.32. The first kappa shape index (κ1) is 10.5. The van der Waals surface area contributed by atoms with E-state index in [0.717, 1.165) is 11.8 Å². The summed E-state index contributed by atoms with van der Waals surface area (Å²) in [6.07, 6.45) is 6.00. The molecule has 1 aliphatic carbocycles. The second-order valence-corrected chi connectivity index (χ2v) is 6.54. The Hall–Kier alpha value is -0.0400. The summed E-state index contributed by atoms with van der Waals surface area (Å²) < 4.78 is 0. The summed E-state index contributed by atoms with van der Waals surface area (Å²) in [6.45, 7) is 11.1. The monoisotopic (exact) mass is 195 g/mol. The van der Waals surface area contributed by atoms with E-state index in [4.69, 9.17) is 0 Å². The van der Waals surface area contributed by atoms with Crippen LogP contribution in [-0.2, 0) is 0 Å². The molecule has 0 aromatic rings. The van der Waals surface area contributed by atoms with E-state index in [2.05, 4.69) is 25.7 Å². The summed E-state index contributed by atoms with van der Waals surface area (Å²) in [6, 6.07) is 0. The quantitative estimate of drug-likeness (QED) is 0.621. The van der Waals surface area contributed by atoms with E-state index in [1.165, 1.54) is 45.3 Å². The van der Waals surface area contributed by atoms with Crippen LogP contribution >= 0.6 is 0 Å². The first-order chi connectivity index (χ1) is 6.54. The van der Waals surface area contributed by atoms with Gasteiger partial charge in [-0.1, -0.05) is 33.6 Å². The minimum atomic E-state index is 0.478. The van der Waals surface area contributed by atoms with Crippen molar-refractivity contribution in [1.82, 2.24) is 4.90 Å². The lowest BCUT2D eigenvalue weighted by Gasteiger charge is -2.38. The van der Waals surface area contributed by atoms with Crippen molar-refractivity contribution in [2.75, 3.05) is 19.6 Å². The molecular formula is C13H25N. The van der Waals surface area contributed by atoms with Crippen molar-refractivity contribution in [2.24, 2.45) is 17.3 Å². The van der Waals surface area contributed by atoms with Gasteiger partial charge in [-0.3, -0.25) is 0 Å². The highest BCUT2D eigenvalue weighted by molar-refractivity contribution is 4.86. The molecule has 82 valence electrons. The van der Waals surface area contributed by atoms with Gasteiger partial charge in [-0.15, -0.1) is 0 Å². The van der Waals surface area contributed by atoms with Crippen molar-refractivity contribution in [3.63, 3.8) is 0 Å². The summed E-state index contributed by atoms with van der Waals surface area (Å²) in [4.78, 5) is 2.70. The zero-order valence-corrected chi connectivity index (χ0v) is 10.1. The van der Waals surface area contributed by atoms with Crippen LogP contribution in [0.5, 0.6) is 0 Å². The van der Waals surface area contributed by atoms with E-state index in [-0.39, 0.29) is 0 Å². The Morgan fingerprint density at radius 2 is 1.79 bits per heavy atom. The molecular weight excluding hydrogens is 170 g/mol. The zero-order valence-electron chi connectivity index (χ0n) is 10.1. The third-order valence-electron chi connectivity index (χ3n) is 3.82. The summed E-state index contributed by atoms with van der Waals surface area (Å²) in [7, 11) is 0. The average molecular weight is 195 g/mol. The van der Waals surface area contributed by atoms with E-state index in [1.807, 2.05) is 0 Å². The number of piperidine rings is 1. The van der Waals surface area contributed by atoms with Gasteiger partial charge >= 0.3 is 0 Å². The largest absolute Gasteiger partial charge is 0.303 e. The maximum absolute atomic E-state index is 2.70. The smallest absolute Gasteiger partial charge is 0.00302 e. The first-order valence-electron chi connectivity index (χ1n) is 6.27. The molecule has 0 radical (unpaired) electrons. The molecule has 14 heavy (non-hydrogen) atoms. The molecule has 1 nitrogen and oxygen atoms in total. The van der Waals surface area contributed by atoms with Crippen LogP contribution < -0.4 is 0 Å². The Morgan fingerprint density at radius 3 is 2.50 bits per heavy atom. The summed E-state index contributed by atoms with van der Waals surface area (Å²) >= 11 is 0. The molecule has 2 atom stereocenters. The van der Waals surface area contributed by atoms with Gasteiger partial charge in [0.05, 0.1) is 0 Å². The van der Waals surface area contributed by atoms with Crippen LogP contribution in [0.25, 0.3) is 0 Å². The SMILES string of the molecule is CC(C)(C)CN1CCC2CCCC2C1. The Balaban J connectivity index is 1.85. The molecule has 1 saturated carbocycles. The molecule has 1 heteroatoms. The van der Waals surface area contributed by atoms with Crippen LogP contribution in [0.15, 0.2) is 0 Å². The lowest BCUT2D eigenvalue weighted by Crippen LogP contribution is -2.42. The number of hydrogen-bond donors (Lipinski definition) is 0. The number of likely N-dealkylation sites (tertiary alicyclic amines) is 1. The lowest BCUT2D eigenvalue weighted by atomic mass is 9.87. The van der Waals surface area contributed by atoms with Crippen LogP contribution in [0.2, 0.25) is 0 Å². The van der Waals surface area contributed by atoms with E-state index in [0.29, 0.717) is 5.41 Å². The predicted octanol–water partition coefficient (Wildman–Crippen LogP) is 3.15. The Labute approximate surface area is 88.9 Å². The molecule has 1 aliphatic heterocycles. The lowest BCUT2D eigenvalue weighted by molar-refractivity contribution is 0.103. The number of fused-ring (bicyclic) bond motifs is 1. The van der Waals surface area contributed by atoms with Gasteiger partial charge in [0.1, 0.15) is 0 Å². The Bertz CT molecular complexity index is 192. The zero-order chi connectivity index (χ0) is 10.2. The van der Waals surface area contributed by atoms with Crippen LogP contribution in [0.3, 0.4) is 0 Å². The van der Waals surface area contributed by atoms with E-state index in [1.54, 1.807) is 0 Å². The molecule has 2 fully saturated rings.